The van der Waals surface area contributed by atoms with Gasteiger partial charge in [-0.1, -0.05) is 23.9 Å². The van der Waals surface area contributed by atoms with Crippen LogP contribution in [0.5, 0.6) is 0 Å². The molecule has 114 valence electrons. The van der Waals surface area contributed by atoms with E-state index in [4.69, 9.17) is 0 Å². The van der Waals surface area contributed by atoms with E-state index in [1.165, 1.54) is 28.7 Å². The third-order valence-electron chi connectivity index (χ3n) is 3.23. The molecule has 0 aliphatic heterocycles. The third-order valence-corrected chi connectivity index (χ3v) is 4.26. The lowest BCUT2D eigenvalue weighted by atomic mass is 10.2. The van der Waals surface area contributed by atoms with Gasteiger partial charge in [-0.05, 0) is 12.1 Å². The van der Waals surface area contributed by atoms with Crippen LogP contribution in [0.3, 0.4) is 0 Å². The molecule has 0 amide bonds. The number of alkyl halides is 2. The molecule has 1 aromatic carbocycles. The minimum absolute atomic E-state index is 0.162. The van der Waals surface area contributed by atoms with Crippen LogP contribution in [0.1, 0.15) is 12.4 Å². The first kappa shape index (κ1) is 14.7. The molecule has 22 heavy (non-hydrogen) atoms. The number of fused-ring (bicyclic) bond motifs is 1. The monoisotopic (exact) mass is 322 g/mol. The lowest BCUT2D eigenvalue weighted by Crippen LogP contribution is -2.20. The van der Waals surface area contributed by atoms with E-state index < -0.39 is 6.55 Å². The molecule has 0 unspecified atom stereocenters. The molecule has 0 spiro atoms. The lowest BCUT2D eigenvalue weighted by Gasteiger charge is -2.09. The van der Waals surface area contributed by atoms with E-state index in [1.807, 2.05) is 0 Å². The summed E-state index contributed by atoms with van der Waals surface area (Å²) < 4.78 is 27.8. The smallest absolute Gasteiger partial charge is 0.290 e. The number of aromatic nitrogens is 4. The first-order valence-electron chi connectivity index (χ1n) is 6.46. The van der Waals surface area contributed by atoms with Crippen molar-refractivity contribution in [1.29, 1.82) is 0 Å². The molecular formula is C14H12F2N4OS. The second-order valence-electron chi connectivity index (χ2n) is 4.59. The van der Waals surface area contributed by atoms with Gasteiger partial charge >= 0.3 is 6.55 Å². The van der Waals surface area contributed by atoms with E-state index in [1.54, 1.807) is 31.3 Å². The van der Waals surface area contributed by atoms with Gasteiger partial charge in [-0.25, -0.2) is 9.97 Å². The number of thioether (sulfide) groups is 1. The Balaban J connectivity index is 1.93. The van der Waals surface area contributed by atoms with Gasteiger partial charge in [-0.2, -0.15) is 8.78 Å². The predicted molar refractivity (Wildman–Crippen MR) is 80.0 cm³/mol. The normalized spacial score (nSPS) is 11.5. The average molecular weight is 322 g/mol. The van der Waals surface area contributed by atoms with Crippen LogP contribution in [0, 0.1) is 0 Å². The maximum absolute atomic E-state index is 12.8. The minimum atomic E-state index is -2.63. The molecule has 0 aliphatic rings. The van der Waals surface area contributed by atoms with Crippen molar-refractivity contribution in [3.05, 3.63) is 52.8 Å². The second-order valence-corrected chi connectivity index (χ2v) is 5.54. The Labute approximate surface area is 128 Å². The van der Waals surface area contributed by atoms with Gasteiger partial charge in [0.05, 0.1) is 16.7 Å². The summed E-state index contributed by atoms with van der Waals surface area (Å²) >= 11 is 1.20. The Morgan fingerprint density at radius 1 is 1.32 bits per heavy atom. The summed E-state index contributed by atoms with van der Waals surface area (Å²) in [6.45, 7) is -2.63. The fourth-order valence-electron chi connectivity index (χ4n) is 2.09. The molecule has 8 heteroatoms. The summed E-state index contributed by atoms with van der Waals surface area (Å²) in [7, 11) is 1.61. The summed E-state index contributed by atoms with van der Waals surface area (Å²) in [6, 6.07) is 7.04. The third kappa shape index (κ3) is 2.61. The molecule has 3 rings (SSSR count). The van der Waals surface area contributed by atoms with Gasteiger partial charge in [0, 0.05) is 19.4 Å². The Bertz CT molecular complexity index is 875. The van der Waals surface area contributed by atoms with E-state index >= 15 is 0 Å². The summed E-state index contributed by atoms with van der Waals surface area (Å²) in [5.41, 5.74) is 0.426. The Hall–Kier alpha value is -2.22. The number of imidazole rings is 1. The topological polar surface area (TPSA) is 52.7 Å². The van der Waals surface area contributed by atoms with Crippen molar-refractivity contribution in [2.75, 3.05) is 0 Å². The van der Waals surface area contributed by atoms with Crippen LogP contribution in [-0.2, 0) is 12.8 Å². The molecule has 3 aromatic rings. The molecule has 0 atom stereocenters. The van der Waals surface area contributed by atoms with E-state index in [2.05, 4.69) is 9.97 Å². The number of rotatable bonds is 4. The molecule has 0 bridgehead atoms. The van der Waals surface area contributed by atoms with Crippen molar-refractivity contribution in [2.24, 2.45) is 7.05 Å². The molecular weight excluding hydrogens is 310 g/mol. The highest BCUT2D eigenvalue weighted by Gasteiger charge is 2.14. The van der Waals surface area contributed by atoms with E-state index in [-0.39, 0.29) is 17.1 Å². The van der Waals surface area contributed by atoms with Crippen LogP contribution in [0.4, 0.5) is 8.78 Å². The average Bonchev–Trinajstić information content (AvgIpc) is 2.98. The van der Waals surface area contributed by atoms with Crippen molar-refractivity contribution < 1.29 is 8.78 Å². The fourth-order valence-corrected chi connectivity index (χ4v) is 3.01. The number of nitrogens with zero attached hydrogens (tertiary/aromatic N) is 4. The van der Waals surface area contributed by atoms with Gasteiger partial charge in [-0.15, -0.1) is 0 Å². The minimum Gasteiger partial charge on any atom is -0.290 e. The van der Waals surface area contributed by atoms with Crippen LogP contribution in [0.25, 0.3) is 10.9 Å². The largest absolute Gasteiger partial charge is 0.319 e. The molecule has 0 radical (unpaired) electrons. The zero-order valence-electron chi connectivity index (χ0n) is 11.6. The van der Waals surface area contributed by atoms with Crippen LogP contribution in [0.2, 0.25) is 0 Å². The highest BCUT2D eigenvalue weighted by Crippen LogP contribution is 2.22. The molecule has 0 saturated heterocycles. The molecule has 2 heterocycles. The predicted octanol–water partition coefficient (Wildman–Crippen LogP) is 2.82. The van der Waals surface area contributed by atoms with E-state index in [9.17, 15) is 13.6 Å². The van der Waals surface area contributed by atoms with Crippen molar-refractivity contribution in [2.45, 2.75) is 17.5 Å². The van der Waals surface area contributed by atoms with Crippen molar-refractivity contribution in [3.63, 3.8) is 0 Å². The van der Waals surface area contributed by atoms with Crippen LogP contribution in [0.15, 0.2) is 46.6 Å². The standard InChI is InChI=1S/C14H12F2N4OS/c1-19-12(21)9-4-2-3-5-10(9)18-14(19)22-8-11-17-6-7-20(11)13(15)16/h2-7,13H,8H2,1H3. The van der Waals surface area contributed by atoms with E-state index in [0.29, 0.717) is 16.1 Å². The fraction of sp³-hybridized carbons (Fsp3) is 0.214. The van der Waals surface area contributed by atoms with Crippen molar-refractivity contribution in [1.82, 2.24) is 19.1 Å². The summed E-state index contributed by atoms with van der Waals surface area (Å²) in [5.74, 6) is 0.443. The molecule has 0 saturated carbocycles. The van der Waals surface area contributed by atoms with E-state index in [0.717, 1.165) is 4.57 Å². The van der Waals surface area contributed by atoms with Gasteiger partial charge < -0.3 is 0 Å². The van der Waals surface area contributed by atoms with Gasteiger partial charge in [0.2, 0.25) is 0 Å². The van der Waals surface area contributed by atoms with Crippen LogP contribution in [-0.4, -0.2) is 19.1 Å². The number of para-hydroxylation sites is 1. The Morgan fingerprint density at radius 2 is 2.09 bits per heavy atom. The van der Waals surface area contributed by atoms with Crippen molar-refractivity contribution >= 4 is 22.7 Å². The number of hydrogen-bond donors (Lipinski definition) is 0. The quantitative estimate of drug-likeness (QED) is 0.547. The van der Waals surface area contributed by atoms with Gasteiger partial charge in [0.1, 0.15) is 5.82 Å². The van der Waals surface area contributed by atoms with Crippen LogP contribution < -0.4 is 5.56 Å². The highest BCUT2D eigenvalue weighted by molar-refractivity contribution is 7.98. The zero-order chi connectivity index (χ0) is 15.7. The first-order chi connectivity index (χ1) is 10.6. The summed E-state index contributed by atoms with van der Waals surface area (Å²) in [5, 5.41) is 0.996. The van der Waals surface area contributed by atoms with Gasteiger partial charge in [0.25, 0.3) is 5.56 Å². The molecule has 0 N–H and O–H groups in total. The summed E-state index contributed by atoms with van der Waals surface area (Å²) in [4.78, 5) is 20.6. The van der Waals surface area contributed by atoms with Crippen LogP contribution >= 0.6 is 11.8 Å². The van der Waals surface area contributed by atoms with Gasteiger partial charge in [-0.3, -0.25) is 13.9 Å². The Morgan fingerprint density at radius 3 is 2.86 bits per heavy atom. The maximum Gasteiger partial charge on any atom is 0.319 e. The first-order valence-corrected chi connectivity index (χ1v) is 7.45. The highest BCUT2D eigenvalue weighted by atomic mass is 32.2. The summed E-state index contributed by atoms with van der Waals surface area (Å²) in [6.07, 6.45) is 2.56. The number of halogens is 2. The molecule has 0 aliphatic carbocycles. The SMILES string of the molecule is Cn1c(SCc2nccn2C(F)F)nc2ccccc2c1=O. The zero-order valence-corrected chi connectivity index (χ0v) is 12.4. The number of benzene rings is 1. The molecule has 5 nitrogen and oxygen atoms in total. The van der Waals surface area contributed by atoms with Gasteiger partial charge in [0.15, 0.2) is 5.16 Å². The Kier molecular flexibility index (Phi) is 3.93. The molecule has 0 fully saturated rings. The second kappa shape index (κ2) is 5.88. The van der Waals surface area contributed by atoms with Crippen molar-refractivity contribution in [3.8, 4) is 0 Å². The maximum atomic E-state index is 12.8. The molecule has 2 aromatic heterocycles. The number of hydrogen-bond acceptors (Lipinski definition) is 4. The lowest BCUT2D eigenvalue weighted by molar-refractivity contribution is 0.0678.